The molecule has 0 spiro atoms. The normalized spacial score (nSPS) is 11.5. The molecule has 4 aromatic rings. The summed E-state index contributed by atoms with van der Waals surface area (Å²) in [7, 11) is 0. The molecule has 12 heteroatoms. The Hall–Kier alpha value is -2.89. The van der Waals surface area contributed by atoms with E-state index in [9.17, 15) is 4.39 Å². The second-order valence-corrected chi connectivity index (χ2v) is 4.99. The maximum absolute atomic E-state index is 13.4. The molecule has 22 heavy (non-hydrogen) atoms. The van der Waals surface area contributed by atoms with Gasteiger partial charge in [-0.05, 0) is 15.9 Å². The molecule has 0 amide bonds. The Balaban J connectivity index is 2.08. The highest BCUT2D eigenvalue weighted by atomic mass is 79.9. The molecule has 4 rings (SSSR count). The molecule has 0 aliphatic heterocycles. The minimum absolute atomic E-state index is 0.0546. The fourth-order valence-corrected chi connectivity index (χ4v) is 2.44. The van der Waals surface area contributed by atoms with Gasteiger partial charge in [0.1, 0.15) is 12.7 Å². The standard InChI is InChI=1S/C10H6BrFN10/c11-9-17-5(13)3-7(19-9)21(1-15-3)22-2-16-4-6(14)18-10(12)20-8(4)22/h1-2H,(H2,13,17,19)(H2,14,18,20). The van der Waals surface area contributed by atoms with Gasteiger partial charge in [-0.15, -0.1) is 0 Å². The maximum Gasteiger partial charge on any atom is 0.312 e. The Bertz CT molecular complexity index is 953. The highest BCUT2D eigenvalue weighted by Gasteiger charge is 2.16. The van der Waals surface area contributed by atoms with Crippen molar-refractivity contribution in [3.63, 3.8) is 0 Å². The summed E-state index contributed by atoms with van der Waals surface area (Å²) in [5.41, 5.74) is 12.7. The lowest BCUT2D eigenvalue weighted by Crippen LogP contribution is -2.10. The van der Waals surface area contributed by atoms with Crippen molar-refractivity contribution in [1.82, 2.24) is 39.3 Å². The molecule has 0 bridgehead atoms. The molecule has 0 aromatic carbocycles. The quantitative estimate of drug-likeness (QED) is 0.461. The van der Waals surface area contributed by atoms with E-state index in [0.717, 1.165) is 0 Å². The van der Waals surface area contributed by atoms with Gasteiger partial charge in [-0.3, -0.25) is 0 Å². The van der Waals surface area contributed by atoms with E-state index in [2.05, 4.69) is 45.8 Å². The van der Waals surface area contributed by atoms with E-state index in [4.69, 9.17) is 11.5 Å². The van der Waals surface area contributed by atoms with Gasteiger partial charge in [-0.25, -0.2) is 29.3 Å². The topological polar surface area (TPSA) is 139 Å². The van der Waals surface area contributed by atoms with Crippen LogP contribution in [0.3, 0.4) is 0 Å². The van der Waals surface area contributed by atoms with Gasteiger partial charge in [0.05, 0.1) is 0 Å². The molecule has 0 radical (unpaired) electrons. The van der Waals surface area contributed by atoms with Crippen LogP contribution in [0.2, 0.25) is 0 Å². The Morgan fingerprint density at radius 3 is 2.05 bits per heavy atom. The van der Waals surface area contributed by atoms with E-state index < -0.39 is 6.08 Å². The lowest BCUT2D eigenvalue weighted by Gasteiger charge is -2.05. The van der Waals surface area contributed by atoms with Crippen LogP contribution in [0, 0.1) is 6.08 Å². The van der Waals surface area contributed by atoms with Crippen LogP contribution < -0.4 is 11.5 Å². The van der Waals surface area contributed by atoms with Crippen molar-refractivity contribution in [2.75, 3.05) is 11.5 Å². The summed E-state index contributed by atoms with van der Waals surface area (Å²) in [5.74, 6) is 0.154. The molecule has 0 fully saturated rings. The van der Waals surface area contributed by atoms with Crippen LogP contribution in [0.25, 0.3) is 22.3 Å². The van der Waals surface area contributed by atoms with Gasteiger partial charge in [0, 0.05) is 0 Å². The first-order valence-corrected chi connectivity index (χ1v) is 6.66. The molecule has 0 unspecified atom stereocenters. The number of rotatable bonds is 1. The molecule has 0 saturated carbocycles. The predicted octanol–water partition coefficient (Wildman–Crippen LogP) is 0.343. The summed E-state index contributed by atoms with van der Waals surface area (Å²) >= 11 is 3.16. The molecule has 4 N–H and O–H groups in total. The minimum Gasteiger partial charge on any atom is -0.382 e. The highest BCUT2D eigenvalue weighted by molar-refractivity contribution is 9.10. The largest absolute Gasteiger partial charge is 0.382 e. The third-order valence-corrected chi connectivity index (χ3v) is 3.34. The number of nitrogens with two attached hydrogens (primary N) is 2. The van der Waals surface area contributed by atoms with Crippen LogP contribution in [0.15, 0.2) is 17.4 Å². The van der Waals surface area contributed by atoms with Gasteiger partial charge in [-0.1, -0.05) is 0 Å². The second kappa shape index (κ2) is 4.30. The fraction of sp³-hybridized carbons (Fsp3) is 0. The molecule has 110 valence electrons. The number of nitrogen functional groups attached to an aromatic ring is 2. The molecule has 0 saturated heterocycles. The van der Waals surface area contributed by atoms with Crippen LogP contribution in [-0.4, -0.2) is 39.3 Å². The average Bonchev–Trinajstić information content (AvgIpc) is 3.02. The zero-order valence-corrected chi connectivity index (χ0v) is 12.2. The molecular weight excluding hydrogens is 359 g/mol. The van der Waals surface area contributed by atoms with E-state index >= 15 is 0 Å². The van der Waals surface area contributed by atoms with Gasteiger partial charge < -0.3 is 11.5 Å². The lowest BCUT2D eigenvalue weighted by molar-refractivity contribution is 0.541. The number of aromatic nitrogens is 8. The molecule has 0 aliphatic carbocycles. The van der Waals surface area contributed by atoms with Crippen LogP contribution in [0.5, 0.6) is 0 Å². The molecule has 4 aromatic heterocycles. The number of fused-ring (bicyclic) bond motifs is 2. The monoisotopic (exact) mass is 364 g/mol. The van der Waals surface area contributed by atoms with Gasteiger partial charge in [0.25, 0.3) is 0 Å². The number of anilines is 2. The zero-order chi connectivity index (χ0) is 15.4. The van der Waals surface area contributed by atoms with Gasteiger partial charge in [0.15, 0.2) is 34.0 Å². The minimum atomic E-state index is -0.952. The number of halogens is 2. The van der Waals surface area contributed by atoms with Crippen molar-refractivity contribution >= 4 is 49.9 Å². The first-order chi connectivity index (χ1) is 10.5. The maximum atomic E-state index is 13.4. The Kier molecular flexibility index (Phi) is 2.51. The van der Waals surface area contributed by atoms with E-state index in [1.807, 2.05) is 0 Å². The summed E-state index contributed by atoms with van der Waals surface area (Å²) in [5, 5.41) is 0. The Labute approximate surface area is 129 Å². The number of hydrogen-bond donors (Lipinski definition) is 2. The smallest absolute Gasteiger partial charge is 0.312 e. The third-order valence-electron chi connectivity index (χ3n) is 2.99. The van der Waals surface area contributed by atoms with Crippen molar-refractivity contribution in [2.24, 2.45) is 0 Å². The molecule has 10 nitrogen and oxygen atoms in total. The van der Waals surface area contributed by atoms with Crippen LogP contribution in [-0.2, 0) is 0 Å². The molecule has 0 aliphatic rings. The number of nitrogens with zero attached hydrogens (tertiary/aromatic N) is 8. The first-order valence-electron chi connectivity index (χ1n) is 5.87. The van der Waals surface area contributed by atoms with E-state index in [0.29, 0.717) is 15.9 Å². The highest BCUT2D eigenvalue weighted by Crippen LogP contribution is 2.21. The lowest BCUT2D eigenvalue weighted by atomic mass is 10.5. The van der Waals surface area contributed by atoms with Crippen molar-refractivity contribution in [3.05, 3.63) is 23.5 Å². The average molecular weight is 365 g/mol. The molecular formula is C10H6BrFN10. The van der Waals surface area contributed by atoms with Crippen LogP contribution >= 0.6 is 15.9 Å². The summed E-state index contributed by atoms with van der Waals surface area (Å²) in [6.45, 7) is 0. The zero-order valence-electron chi connectivity index (χ0n) is 10.6. The van der Waals surface area contributed by atoms with Gasteiger partial charge >= 0.3 is 6.08 Å². The Morgan fingerprint density at radius 2 is 1.41 bits per heavy atom. The summed E-state index contributed by atoms with van der Waals surface area (Å²) in [4.78, 5) is 23.5. The Morgan fingerprint density at radius 1 is 0.864 bits per heavy atom. The summed E-state index contributed by atoms with van der Waals surface area (Å²) < 4.78 is 16.6. The van der Waals surface area contributed by atoms with Crippen LogP contribution in [0.1, 0.15) is 0 Å². The second-order valence-electron chi connectivity index (χ2n) is 4.28. The number of imidazole rings is 2. The number of hydrogen-bond acceptors (Lipinski definition) is 8. The van der Waals surface area contributed by atoms with Crippen molar-refractivity contribution < 1.29 is 4.39 Å². The fourth-order valence-electron chi connectivity index (χ4n) is 2.08. The van der Waals surface area contributed by atoms with E-state index in [-0.39, 0.29) is 22.8 Å². The van der Waals surface area contributed by atoms with E-state index in [1.165, 1.54) is 22.0 Å². The van der Waals surface area contributed by atoms with Crippen molar-refractivity contribution in [1.29, 1.82) is 0 Å². The first kappa shape index (κ1) is 12.8. The third kappa shape index (κ3) is 1.70. The van der Waals surface area contributed by atoms with Gasteiger partial charge in [0.2, 0.25) is 4.73 Å². The van der Waals surface area contributed by atoms with Crippen molar-refractivity contribution in [3.8, 4) is 0 Å². The predicted molar refractivity (Wildman–Crippen MR) is 77.9 cm³/mol. The van der Waals surface area contributed by atoms with Gasteiger partial charge in [-0.2, -0.15) is 14.4 Å². The summed E-state index contributed by atoms with van der Waals surface area (Å²) in [6.07, 6.45) is 1.90. The summed E-state index contributed by atoms with van der Waals surface area (Å²) in [6, 6.07) is 0. The van der Waals surface area contributed by atoms with E-state index in [1.54, 1.807) is 0 Å². The SMILES string of the molecule is Nc1nc(F)nc2c1ncn2-n1cnc2c(N)nc(Br)nc21. The molecule has 4 heterocycles. The van der Waals surface area contributed by atoms with Crippen LogP contribution in [0.4, 0.5) is 16.0 Å². The molecule has 0 atom stereocenters. The van der Waals surface area contributed by atoms with Crippen molar-refractivity contribution in [2.45, 2.75) is 0 Å².